The lowest BCUT2D eigenvalue weighted by Gasteiger charge is -2.47. The molecular formula is C29H34F9N5O7S. The Bertz CT molecular complexity index is 1400. The Morgan fingerprint density at radius 1 is 0.804 bits per heavy atom. The summed E-state index contributed by atoms with van der Waals surface area (Å²) < 4.78 is 95.2. The number of carboxylic acids is 3. The van der Waals surface area contributed by atoms with Gasteiger partial charge in [-0.1, -0.05) is 6.07 Å². The standard InChI is InChI=1S/C23H31N5OS.3C2HF3O2/c1-2-28-12-7-23(21(28)29)18-27(15-19-4-3-8-24-14-19)17-22(23)5-10-26(11-6-22)16-20-25-9-13-30-20;3*3-2(4,5)1(6)7/h3-4,8-9,13-14H,2,5-7,10-12,15-18H2,1H3;3*(H,6,7). The third-order valence-corrected chi connectivity index (χ3v) is 9.20. The van der Waals surface area contributed by atoms with Crippen molar-refractivity contribution in [3.63, 3.8) is 0 Å². The molecule has 1 amide bonds. The van der Waals surface area contributed by atoms with Crippen molar-refractivity contribution in [3.8, 4) is 0 Å². The van der Waals surface area contributed by atoms with Crippen LogP contribution in [-0.2, 0) is 32.3 Å². The average molecular weight is 768 g/mol. The number of aliphatic carboxylic acids is 3. The van der Waals surface area contributed by atoms with Crippen LogP contribution < -0.4 is 0 Å². The molecule has 5 rings (SSSR count). The maximum atomic E-state index is 13.6. The second kappa shape index (κ2) is 17.4. The third kappa shape index (κ3) is 12.0. The van der Waals surface area contributed by atoms with E-state index in [1.165, 1.54) is 10.6 Å². The molecule has 5 heterocycles. The number of carbonyl (C=O) groups is 4. The molecule has 2 aromatic rings. The molecule has 12 nitrogen and oxygen atoms in total. The van der Waals surface area contributed by atoms with Gasteiger partial charge in [-0.05, 0) is 50.9 Å². The number of piperidine rings is 1. The molecule has 3 aliphatic heterocycles. The van der Waals surface area contributed by atoms with Gasteiger partial charge in [0.1, 0.15) is 5.01 Å². The highest BCUT2D eigenvalue weighted by atomic mass is 32.1. The third-order valence-electron chi connectivity index (χ3n) is 8.43. The van der Waals surface area contributed by atoms with Crippen LogP contribution >= 0.6 is 11.3 Å². The van der Waals surface area contributed by atoms with E-state index in [2.05, 4.69) is 43.0 Å². The van der Waals surface area contributed by atoms with Crippen LogP contribution in [0.1, 0.15) is 36.8 Å². The fraction of sp³-hybridized carbons (Fsp3) is 0.586. The van der Waals surface area contributed by atoms with Gasteiger partial charge in [-0.3, -0.25) is 19.6 Å². The van der Waals surface area contributed by atoms with Gasteiger partial charge in [0, 0.05) is 62.1 Å². The van der Waals surface area contributed by atoms with E-state index in [0.717, 1.165) is 71.6 Å². The van der Waals surface area contributed by atoms with E-state index in [9.17, 15) is 44.3 Å². The van der Waals surface area contributed by atoms with Crippen molar-refractivity contribution in [3.05, 3.63) is 46.7 Å². The number of rotatable bonds is 5. The number of nitrogens with zero attached hydrogens (tertiary/aromatic N) is 5. The number of pyridine rings is 1. The van der Waals surface area contributed by atoms with Crippen LogP contribution in [0, 0.1) is 10.8 Å². The van der Waals surface area contributed by atoms with Crippen molar-refractivity contribution in [1.29, 1.82) is 0 Å². The van der Waals surface area contributed by atoms with Gasteiger partial charge in [0.25, 0.3) is 0 Å². The molecule has 1 atom stereocenters. The summed E-state index contributed by atoms with van der Waals surface area (Å²) in [6, 6.07) is 4.16. The van der Waals surface area contributed by atoms with Crippen LogP contribution in [0.25, 0.3) is 0 Å². The van der Waals surface area contributed by atoms with Crippen LogP contribution in [0.2, 0.25) is 0 Å². The monoisotopic (exact) mass is 767 g/mol. The van der Waals surface area contributed by atoms with E-state index in [4.69, 9.17) is 29.7 Å². The van der Waals surface area contributed by atoms with Crippen molar-refractivity contribution in [1.82, 2.24) is 24.7 Å². The zero-order chi connectivity index (χ0) is 38.8. The number of thiazole rings is 1. The van der Waals surface area contributed by atoms with Crippen LogP contribution in [0.5, 0.6) is 0 Å². The predicted octanol–water partition coefficient (Wildman–Crippen LogP) is 4.77. The Kier molecular flexibility index (Phi) is 14.7. The Morgan fingerprint density at radius 2 is 1.33 bits per heavy atom. The highest BCUT2D eigenvalue weighted by Crippen LogP contribution is 2.58. The summed E-state index contributed by atoms with van der Waals surface area (Å²) in [5, 5.41) is 24.6. The van der Waals surface area contributed by atoms with Crippen molar-refractivity contribution < 1.29 is 74.0 Å². The predicted molar refractivity (Wildman–Crippen MR) is 159 cm³/mol. The van der Waals surface area contributed by atoms with E-state index in [-0.39, 0.29) is 10.8 Å². The first-order chi connectivity index (χ1) is 23.5. The van der Waals surface area contributed by atoms with Crippen LogP contribution in [0.4, 0.5) is 39.5 Å². The minimum absolute atomic E-state index is 0.0928. The van der Waals surface area contributed by atoms with Gasteiger partial charge in [-0.2, -0.15) is 39.5 Å². The van der Waals surface area contributed by atoms with E-state index >= 15 is 0 Å². The highest BCUT2D eigenvalue weighted by molar-refractivity contribution is 7.09. The molecule has 0 aliphatic carbocycles. The van der Waals surface area contributed by atoms with Gasteiger partial charge >= 0.3 is 36.4 Å². The number of fused-ring (bicyclic) bond motifs is 1. The van der Waals surface area contributed by atoms with E-state index in [0.29, 0.717) is 5.91 Å². The molecule has 3 aliphatic rings. The van der Waals surface area contributed by atoms with Crippen LogP contribution in [0.3, 0.4) is 0 Å². The first-order valence-corrected chi connectivity index (χ1v) is 15.8. The first kappa shape index (κ1) is 43.1. The molecule has 0 bridgehead atoms. The zero-order valence-electron chi connectivity index (χ0n) is 26.8. The Labute approximate surface area is 288 Å². The Hall–Kier alpha value is -4.05. The molecule has 3 saturated heterocycles. The minimum Gasteiger partial charge on any atom is -0.475 e. The first-order valence-electron chi connectivity index (χ1n) is 14.9. The van der Waals surface area contributed by atoms with Crippen molar-refractivity contribution in [2.75, 3.05) is 39.3 Å². The molecule has 1 unspecified atom stereocenters. The van der Waals surface area contributed by atoms with Gasteiger partial charge < -0.3 is 20.2 Å². The van der Waals surface area contributed by atoms with E-state index in [1.54, 1.807) is 11.3 Å². The molecule has 3 fully saturated rings. The summed E-state index contributed by atoms with van der Waals surface area (Å²) >= 11 is 1.74. The number of hydrogen-bond acceptors (Lipinski definition) is 9. The van der Waals surface area contributed by atoms with Gasteiger partial charge in [-0.15, -0.1) is 11.3 Å². The maximum Gasteiger partial charge on any atom is 0.490 e. The summed E-state index contributed by atoms with van der Waals surface area (Å²) in [7, 11) is 0. The molecule has 2 spiro atoms. The van der Waals surface area contributed by atoms with E-state index < -0.39 is 36.4 Å². The lowest BCUT2D eigenvalue weighted by atomic mass is 9.60. The van der Waals surface area contributed by atoms with Crippen LogP contribution in [-0.4, -0.2) is 122 Å². The number of alkyl halides is 9. The number of amides is 1. The van der Waals surface area contributed by atoms with Gasteiger partial charge in [-0.25, -0.2) is 19.4 Å². The zero-order valence-corrected chi connectivity index (χ0v) is 27.6. The Balaban J connectivity index is 0.000000352. The number of likely N-dealkylation sites (tertiary alicyclic amines) is 3. The SMILES string of the molecule is CCN1CCC2(CN(Cc3cccnc3)CC23CCN(Cc2nccs2)CC3)C1=O.O=C(O)C(F)(F)F.O=C(O)C(F)(F)F.O=C(O)C(F)(F)F. The molecule has 0 aromatic carbocycles. The number of halogens is 9. The molecule has 51 heavy (non-hydrogen) atoms. The largest absolute Gasteiger partial charge is 0.490 e. The normalized spacial score (nSPS) is 20.5. The second-order valence-corrected chi connectivity index (χ2v) is 12.6. The number of carboxylic acid groups (broad SMARTS) is 3. The van der Waals surface area contributed by atoms with Gasteiger partial charge in [0.05, 0.1) is 12.0 Å². The fourth-order valence-corrected chi connectivity index (χ4v) is 6.78. The molecule has 286 valence electrons. The smallest absolute Gasteiger partial charge is 0.475 e. The van der Waals surface area contributed by atoms with Crippen molar-refractivity contribution in [2.45, 2.75) is 57.8 Å². The quantitative estimate of drug-likeness (QED) is 0.359. The van der Waals surface area contributed by atoms with Crippen molar-refractivity contribution >= 4 is 35.2 Å². The van der Waals surface area contributed by atoms with Crippen LogP contribution in [0.15, 0.2) is 36.1 Å². The number of carbonyl (C=O) groups excluding carboxylic acids is 1. The summed E-state index contributed by atoms with van der Waals surface area (Å²) in [5.41, 5.74) is 1.12. The summed E-state index contributed by atoms with van der Waals surface area (Å²) in [6.45, 7) is 9.72. The summed E-state index contributed by atoms with van der Waals surface area (Å²) in [5.74, 6) is -7.86. The average Bonchev–Trinajstić information content (AvgIpc) is 3.73. The highest BCUT2D eigenvalue weighted by Gasteiger charge is 2.64. The lowest BCUT2D eigenvalue weighted by Crippen LogP contribution is -2.52. The molecule has 0 radical (unpaired) electrons. The van der Waals surface area contributed by atoms with Gasteiger partial charge in [0.15, 0.2) is 0 Å². The second-order valence-electron chi connectivity index (χ2n) is 11.6. The number of aromatic nitrogens is 2. The maximum absolute atomic E-state index is 13.6. The molecule has 3 N–H and O–H groups in total. The Morgan fingerprint density at radius 3 is 1.73 bits per heavy atom. The summed E-state index contributed by atoms with van der Waals surface area (Å²) in [4.78, 5) is 56.2. The lowest BCUT2D eigenvalue weighted by molar-refractivity contribution is -0.193. The minimum atomic E-state index is -5.08. The van der Waals surface area contributed by atoms with Crippen molar-refractivity contribution in [2.24, 2.45) is 10.8 Å². The molecule has 22 heteroatoms. The van der Waals surface area contributed by atoms with E-state index in [1.807, 2.05) is 24.7 Å². The topological polar surface area (TPSA) is 164 Å². The molecular weight excluding hydrogens is 733 g/mol. The van der Waals surface area contributed by atoms with Gasteiger partial charge in [0.2, 0.25) is 5.91 Å². The number of hydrogen-bond donors (Lipinski definition) is 3. The fourth-order valence-electron chi connectivity index (χ4n) is 6.12. The molecule has 0 saturated carbocycles. The summed E-state index contributed by atoms with van der Waals surface area (Å²) in [6.07, 6.45) is -6.35. The molecule has 2 aromatic heterocycles.